The van der Waals surface area contributed by atoms with Crippen LogP contribution in [0.2, 0.25) is 5.15 Å². The third-order valence-electron chi connectivity index (χ3n) is 3.41. The first-order chi connectivity index (χ1) is 7.39. The Kier molecular flexibility index (Phi) is 3.01. The third kappa shape index (κ3) is 2.25. The monoisotopic (exact) mass is 241 g/mol. The number of halogens is 1. The van der Waals surface area contributed by atoms with Crippen LogP contribution in [0.25, 0.3) is 0 Å². The maximum Gasteiger partial charge on any atom is 0.131 e. The molecule has 2 heterocycles. The molecule has 0 amide bonds. The first-order valence-electron chi connectivity index (χ1n) is 5.79. The summed E-state index contributed by atoms with van der Waals surface area (Å²) in [6.07, 6.45) is 1.27. The molecule has 1 aliphatic heterocycles. The van der Waals surface area contributed by atoms with Gasteiger partial charge in [-0.2, -0.15) is 5.10 Å². The van der Waals surface area contributed by atoms with Gasteiger partial charge in [0.15, 0.2) is 0 Å². The Morgan fingerprint density at radius 1 is 1.44 bits per heavy atom. The molecule has 0 bridgehead atoms. The van der Waals surface area contributed by atoms with E-state index in [1.807, 2.05) is 14.0 Å². The fraction of sp³-hybridized carbons (Fsp3) is 0.750. The molecular formula is C12H20ClN3. The Morgan fingerprint density at radius 2 is 2.12 bits per heavy atom. The molecule has 0 N–H and O–H groups in total. The van der Waals surface area contributed by atoms with Crippen molar-refractivity contribution in [2.75, 3.05) is 13.1 Å². The van der Waals surface area contributed by atoms with Crippen molar-refractivity contribution in [3.05, 3.63) is 16.4 Å². The standard InChI is InChI=1S/C12H20ClN3/c1-9-10(11(13)15(4)14-9)7-16-6-5-12(2,3)8-16/h5-8H2,1-4H3. The molecule has 1 aliphatic rings. The van der Waals surface area contributed by atoms with Crippen molar-refractivity contribution in [1.29, 1.82) is 0 Å². The van der Waals surface area contributed by atoms with Gasteiger partial charge in [-0.25, -0.2) is 0 Å². The van der Waals surface area contributed by atoms with Gasteiger partial charge in [0.1, 0.15) is 5.15 Å². The topological polar surface area (TPSA) is 21.1 Å². The summed E-state index contributed by atoms with van der Waals surface area (Å²) in [5.41, 5.74) is 2.68. The Labute approximate surface area is 102 Å². The molecule has 1 aromatic heterocycles. The van der Waals surface area contributed by atoms with E-state index in [1.165, 1.54) is 12.0 Å². The van der Waals surface area contributed by atoms with Gasteiger partial charge in [-0.15, -0.1) is 0 Å². The molecule has 1 saturated heterocycles. The van der Waals surface area contributed by atoms with Crippen LogP contribution in [0.15, 0.2) is 0 Å². The van der Waals surface area contributed by atoms with Crippen LogP contribution in [0, 0.1) is 12.3 Å². The van der Waals surface area contributed by atoms with Crippen LogP contribution >= 0.6 is 11.6 Å². The largest absolute Gasteiger partial charge is 0.298 e. The van der Waals surface area contributed by atoms with Crippen molar-refractivity contribution in [2.45, 2.75) is 33.7 Å². The van der Waals surface area contributed by atoms with Crippen molar-refractivity contribution in [1.82, 2.24) is 14.7 Å². The van der Waals surface area contributed by atoms with Gasteiger partial charge in [0.25, 0.3) is 0 Å². The Hall–Kier alpha value is -0.540. The summed E-state index contributed by atoms with van der Waals surface area (Å²) in [6, 6.07) is 0. The van der Waals surface area contributed by atoms with E-state index in [0.717, 1.165) is 30.5 Å². The van der Waals surface area contributed by atoms with E-state index in [2.05, 4.69) is 23.8 Å². The molecule has 0 aliphatic carbocycles. The Morgan fingerprint density at radius 3 is 2.56 bits per heavy atom. The van der Waals surface area contributed by atoms with Crippen LogP contribution in [0.3, 0.4) is 0 Å². The molecule has 2 rings (SSSR count). The number of likely N-dealkylation sites (tertiary alicyclic amines) is 1. The molecule has 0 spiro atoms. The fourth-order valence-corrected chi connectivity index (χ4v) is 2.67. The van der Waals surface area contributed by atoms with Crippen molar-refractivity contribution >= 4 is 11.6 Å². The Balaban J connectivity index is 2.10. The summed E-state index contributed by atoms with van der Waals surface area (Å²) < 4.78 is 1.76. The van der Waals surface area contributed by atoms with Gasteiger partial charge in [-0.05, 0) is 25.3 Å². The van der Waals surface area contributed by atoms with Gasteiger partial charge in [0.2, 0.25) is 0 Å². The van der Waals surface area contributed by atoms with Crippen LogP contribution in [0.1, 0.15) is 31.5 Å². The van der Waals surface area contributed by atoms with Gasteiger partial charge < -0.3 is 0 Å². The molecular weight excluding hydrogens is 222 g/mol. The number of hydrogen-bond acceptors (Lipinski definition) is 2. The summed E-state index contributed by atoms with van der Waals surface area (Å²) in [5.74, 6) is 0. The number of rotatable bonds is 2. The highest BCUT2D eigenvalue weighted by Crippen LogP contribution is 2.31. The van der Waals surface area contributed by atoms with Gasteiger partial charge in [0.05, 0.1) is 5.69 Å². The summed E-state index contributed by atoms with van der Waals surface area (Å²) >= 11 is 6.24. The molecule has 0 atom stereocenters. The average Bonchev–Trinajstić information content (AvgIpc) is 2.62. The minimum absolute atomic E-state index is 0.447. The van der Waals surface area contributed by atoms with E-state index in [0.29, 0.717) is 5.41 Å². The predicted octanol–water partition coefficient (Wildman–Crippen LogP) is 2.61. The minimum atomic E-state index is 0.447. The second-order valence-corrected chi connectivity index (χ2v) is 5.96. The quantitative estimate of drug-likeness (QED) is 0.794. The lowest BCUT2D eigenvalue weighted by Crippen LogP contribution is -2.23. The first kappa shape index (κ1) is 11.9. The maximum atomic E-state index is 6.24. The Bertz CT molecular complexity index is 395. The van der Waals surface area contributed by atoms with E-state index in [9.17, 15) is 0 Å². The normalized spacial score (nSPS) is 20.6. The average molecular weight is 242 g/mol. The number of nitrogens with zero attached hydrogens (tertiary/aromatic N) is 3. The molecule has 0 unspecified atom stereocenters. The highest BCUT2D eigenvalue weighted by Gasteiger charge is 2.30. The number of aryl methyl sites for hydroxylation is 2. The van der Waals surface area contributed by atoms with E-state index in [1.54, 1.807) is 4.68 Å². The molecule has 0 radical (unpaired) electrons. The molecule has 1 fully saturated rings. The predicted molar refractivity (Wildman–Crippen MR) is 66.6 cm³/mol. The summed E-state index contributed by atoms with van der Waals surface area (Å²) in [5, 5.41) is 5.13. The van der Waals surface area contributed by atoms with Crippen LogP contribution in [-0.2, 0) is 13.6 Å². The second kappa shape index (κ2) is 4.04. The number of aromatic nitrogens is 2. The lowest BCUT2D eigenvalue weighted by atomic mass is 9.93. The summed E-state index contributed by atoms with van der Waals surface area (Å²) in [4.78, 5) is 2.47. The van der Waals surface area contributed by atoms with Gasteiger partial charge in [-0.1, -0.05) is 25.4 Å². The number of hydrogen-bond donors (Lipinski definition) is 0. The van der Waals surface area contributed by atoms with Gasteiger partial charge in [0, 0.05) is 25.7 Å². The van der Waals surface area contributed by atoms with Crippen molar-refractivity contribution in [3.63, 3.8) is 0 Å². The van der Waals surface area contributed by atoms with Crippen LogP contribution in [0.4, 0.5) is 0 Å². The summed E-state index contributed by atoms with van der Waals surface area (Å²) in [7, 11) is 1.90. The SMILES string of the molecule is Cc1nn(C)c(Cl)c1CN1CCC(C)(C)C1. The zero-order chi connectivity index (χ0) is 11.9. The minimum Gasteiger partial charge on any atom is -0.298 e. The zero-order valence-electron chi connectivity index (χ0n) is 10.5. The van der Waals surface area contributed by atoms with Crippen molar-refractivity contribution < 1.29 is 0 Å². The van der Waals surface area contributed by atoms with Gasteiger partial charge in [-0.3, -0.25) is 9.58 Å². The first-order valence-corrected chi connectivity index (χ1v) is 6.17. The van der Waals surface area contributed by atoms with E-state index < -0.39 is 0 Å². The molecule has 0 aromatic carbocycles. The maximum absolute atomic E-state index is 6.24. The van der Waals surface area contributed by atoms with Crippen LogP contribution < -0.4 is 0 Å². The summed E-state index contributed by atoms with van der Waals surface area (Å²) in [6.45, 7) is 9.93. The second-order valence-electron chi connectivity index (χ2n) is 5.60. The fourth-order valence-electron chi connectivity index (χ4n) is 2.44. The van der Waals surface area contributed by atoms with Crippen LogP contribution in [0.5, 0.6) is 0 Å². The van der Waals surface area contributed by atoms with Crippen LogP contribution in [-0.4, -0.2) is 27.8 Å². The molecule has 1 aromatic rings. The molecule has 90 valence electrons. The third-order valence-corrected chi connectivity index (χ3v) is 3.88. The van der Waals surface area contributed by atoms with E-state index in [-0.39, 0.29) is 0 Å². The molecule has 16 heavy (non-hydrogen) atoms. The smallest absolute Gasteiger partial charge is 0.131 e. The lowest BCUT2D eigenvalue weighted by Gasteiger charge is -2.19. The van der Waals surface area contributed by atoms with Crippen molar-refractivity contribution in [2.24, 2.45) is 12.5 Å². The van der Waals surface area contributed by atoms with E-state index >= 15 is 0 Å². The molecule has 0 saturated carbocycles. The highest BCUT2D eigenvalue weighted by atomic mass is 35.5. The van der Waals surface area contributed by atoms with Gasteiger partial charge >= 0.3 is 0 Å². The van der Waals surface area contributed by atoms with Crippen molar-refractivity contribution in [3.8, 4) is 0 Å². The lowest BCUT2D eigenvalue weighted by molar-refractivity contribution is 0.284. The molecule has 4 heteroatoms. The highest BCUT2D eigenvalue weighted by molar-refractivity contribution is 6.30. The van der Waals surface area contributed by atoms with E-state index in [4.69, 9.17) is 11.6 Å². The zero-order valence-corrected chi connectivity index (χ0v) is 11.3. The molecule has 3 nitrogen and oxygen atoms in total.